The first kappa shape index (κ1) is 21.7. The van der Waals surface area contributed by atoms with E-state index in [1.54, 1.807) is 6.07 Å². The fraction of sp³-hybridized carbons (Fsp3) is 0.409. The van der Waals surface area contributed by atoms with Gasteiger partial charge in [-0.1, -0.05) is 6.07 Å². The molecule has 2 amide bonds. The lowest BCUT2D eigenvalue weighted by molar-refractivity contribution is 0.00578. The summed E-state index contributed by atoms with van der Waals surface area (Å²) in [6.07, 6.45) is 0.546. The van der Waals surface area contributed by atoms with Crippen molar-refractivity contribution in [3.05, 3.63) is 58.9 Å². The molecule has 0 aliphatic carbocycles. The van der Waals surface area contributed by atoms with Crippen molar-refractivity contribution in [2.75, 3.05) is 11.4 Å². The number of urea groups is 1. The molecule has 2 heterocycles. The molecule has 0 radical (unpaired) electrons. The Hall–Kier alpha value is -2.52. The van der Waals surface area contributed by atoms with E-state index in [1.807, 2.05) is 27.7 Å². The van der Waals surface area contributed by atoms with Crippen molar-refractivity contribution in [3.8, 4) is 0 Å². The fourth-order valence-corrected chi connectivity index (χ4v) is 3.78. The van der Waals surface area contributed by atoms with Crippen LogP contribution >= 0.6 is 0 Å². The van der Waals surface area contributed by atoms with Crippen LogP contribution in [0.3, 0.4) is 0 Å². The van der Waals surface area contributed by atoms with Gasteiger partial charge in [-0.05, 0) is 63.4 Å². The van der Waals surface area contributed by atoms with Gasteiger partial charge in [0.25, 0.3) is 0 Å². The predicted molar refractivity (Wildman–Crippen MR) is 112 cm³/mol. The van der Waals surface area contributed by atoms with Crippen LogP contribution in [0.25, 0.3) is 0 Å². The molecule has 5 nitrogen and oxygen atoms in total. The van der Waals surface area contributed by atoms with Crippen LogP contribution < -0.4 is 15.7 Å². The van der Waals surface area contributed by atoms with E-state index in [4.69, 9.17) is 9.31 Å². The van der Waals surface area contributed by atoms with Crippen LogP contribution in [-0.2, 0) is 22.3 Å². The first-order valence-corrected chi connectivity index (χ1v) is 10.2. The quantitative estimate of drug-likeness (QED) is 0.754. The van der Waals surface area contributed by atoms with Crippen LogP contribution in [0, 0.1) is 17.5 Å². The molecule has 2 aromatic carbocycles. The van der Waals surface area contributed by atoms with E-state index in [-0.39, 0.29) is 6.54 Å². The van der Waals surface area contributed by atoms with Crippen molar-refractivity contribution in [2.45, 2.75) is 51.9 Å². The van der Waals surface area contributed by atoms with E-state index in [0.717, 1.165) is 23.8 Å². The van der Waals surface area contributed by atoms with Crippen LogP contribution in [0.15, 0.2) is 30.3 Å². The molecule has 0 saturated carbocycles. The van der Waals surface area contributed by atoms with E-state index in [0.29, 0.717) is 29.7 Å². The topological polar surface area (TPSA) is 50.8 Å². The first-order chi connectivity index (χ1) is 14.5. The van der Waals surface area contributed by atoms with Gasteiger partial charge in [0.2, 0.25) is 0 Å². The molecule has 164 valence electrons. The fourth-order valence-electron chi connectivity index (χ4n) is 3.78. The Balaban J connectivity index is 1.50. The summed E-state index contributed by atoms with van der Waals surface area (Å²) in [5.41, 5.74) is 0.679. The minimum Gasteiger partial charge on any atom is -0.399 e. The molecule has 9 heteroatoms. The largest absolute Gasteiger partial charge is 0.497 e. The highest BCUT2D eigenvalue weighted by atomic mass is 19.1. The van der Waals surface area contributed by atoms with E-state index in [1.165, 1.54) is 11.0 Å². The average molecular weight is 432 g/mol. The highest BCUT2D eigenvalue weighted by Gasteiger charge is 2.52. The smallest absolute Gasteiger partial charge is 0.399 e. The van der Waals surface area contributed by atoms with E-state index < -0.39 is 41.8 Å². The summed E-state index contributed by atoms with van der Waals surface area (Å²) in [4.78, 5) is 14.0. The predicted octanol–water partition coefficient (Wildman–Crippen LogP) is 3.68. The van der Waals surface area contributed by atoms with Crippen molar-refractivity contribution < 1.29 is 27.3 Å². The molecule has 0 bridgehead atoms. The van der Waals surface area contributed by atoms with Crippen molar-refractivity contribution in [2.24, 2.45) is 0 Å². The normalized spacial score (nSPS) is 18.9. The molecule has 0 spiro atoms. The standard InChI is InChI=1S/C22H24BF3N2O3/c1-21(2)22(3,4)31-23(30-21)17-9-14-5-6-28(19(14)11-18(17)26)20(29)27-12-13-7-15(24)10-16(25)8-13/h7-11H,5-6,12H2,1-4H3,(H,27,29). The number of nitrogens with zero attached hydrogens (tertiary/aromatic N) is 1. The van der Waals surface area contributed by atoms with E-state index in [2.05, 4.69) is 5.32 Å². The van der Waals surface area contributed by atoms with Crippen LogP contribution in [0.2, 0.25) is 0 Å². The highest BCUT2D eigenvalue weighted by molar-refractivity contribution is 6.62. The lowest BCUT2D eigenvalue weighted by Gasteiger charge is -2.32. The Bertz CT molecular complexity index is 1010. The van der Waals surface area contributed by atoms with Crippen LogP contribution in [0.1, 0.15) is 38.8 Å². The molecule has 1 saturated heterocycles. The minimum absolute atomic E-state index is 0.0478. The molecule has 2 aliphatic rings. The molecule has 1 fully saturated rings. The molecule has 2 aliphatic heterocycles. The zero-order chi connectivity index (χ0) is 22.6. The molecular weight excluding hydrogens is 408 g/mol. The molecule has 1 N–H and O–H groups in total. The monoisotopic (exact) mass is 432 g/mol. The van der Waals surface area contributed by atoms with Gasteiger partial charge in [0.05, 0.1) is 16.9 Å². The number of nitrogens with one attached hydrogen (secondary N) is 1. The summed E-state index contributed by atoms with van der Waals surface area (Å²) in [5.74, 6) is -1.95. The van der Waals surface area contributed by atoms with E-state index >= 15 is 0 Å². The summed E-state index contributed by atoms with van der Waals surface area (Å²) in [6, 6.07) is 5.59. The van der Waals surface area contributed by atoms with Gasteiger partial charge in [0.1, 0.15) is 17.5 Å². The summed E-state index contributed by atoms with van der Waals surface area (Å²) >= 11 is 0. The van der Waals surface area contributed by atoms with Gasteiger partial charge < -0.3 is 14.6 Å². The number of carbonyl (C=O) groups is 1. The Kier molecular flexibility index (Phi) is 5.30. The number of hydrogen-bond donors (Lipinski definition) is 1. The van der Waals surface area contributed by atoms with Gasteiger partial charge in [0.15, 0.2) is 0 Å². The van der Waals surface area contributed by atoms with Gasteiger partial charge in [-0.15, -0.1) is 0 Å². The van der Waals surface area contributed by atoms with Crippen LogP contribution in [0.5, 0.6) is 0 Å². The second-order valence-electron chi connectivity index (χ2n) is 8.93. The highest BCUT2D eigenvalue weighted by Crippen LogP contribution is 2.37. The lowest BCUT2D eigenvalue weighted by atomic mass is 9.77. The van der Waals surface area contributed by atoms with Crippen molar-refractivity contribution in [1.29, 1.82) is 0 Å². The van der Waals surface area contributed by atoms with Gasteiger partial charge >= 0.3 is 13.1 Å². The number of carbonyl (C=O) groups excluding carboxylic acids is 1. The number of anilines is 1. The van der Waals surface area contributed by atoms with E-state index in [9.17, 15) is 18.0 Å². The van der Waals surface area contributed by atoms with Crippen molar-refractivity contribution in [3.63, 3.8) is 0 Å². The Morgan fingerprint density at radius 3 is 2.26 bits per heavy atom. The molecular formula is C22H24BF3N2O3. The number of amides is 2. The first-order valence-electron chi connectivity index (χ1n) is 10.2. The van der Waals surface area contributed by atoms with Gasteiger partial charge in [0, 0.05) is 24.6 Å². The molecule has 2 aromatic rings. The Morgan fingerprint density at radius 2 is 1.65 bits per heavy atom. The number of halogens is 3. The maximum absolute atomic E-state index is 15.0. The molecule has 4 rings (SSSR count). The summed E-state index contributed by atoms with van der Waals surface area (Å²) < 4.78 is 53.5. The summed E-state index contributed by atoms with van der Waals surface area (Å²) in [7, 11) is -0.832. The zero-order valence-corrected chi connectivity index (χ0v) is 17.9. The third-order valence-corrected chi connectivity index (χ3v) is 6.21. The summed E-state index contributed by atoms with van der Waals surface area (Å²) in [6.45, 7) is 7.91. The Labute approximate surface area is 179 Å². The van der Waals surface area contributed by atoms with Gasteiger partial charge in [-0.25, -0.2) is 18.0 Å². The second-order valence-corrected chi connectivity index (χ2v) is 8.93. The number of benzene rings is 2. The van der Waals surface area contributed by atoms with Crippen molar-refractivity contribution in [1.82, 2.24) is 5.32 Å². The van der Waals surface area contributed by atoms with Gasteiger partial charge in [-0.3, -0.25) is 4.90 Å². The SMILES string of the molecule is CC1(C)OB(c2cc3c(cc2F)N(C(=O)NCc2cc(F)cc(F)c2)CC3)OC1(C)C. The Morgan fingerprint density at radius 1 is 1.03 bits per heavy atom. The zero-order valence-electron chi connectivity index (χ0n) is 17.9. The third-order valence-electron chi connectivity index (χ3n) is 6.21. The lowest BCUT2D eigenvalue weighted by Crippen LogP contribution is -2.41. The maximum Gasteiger partial charge on any atom is 0.497 e. The second kappa shape index (κ2) is 7.56. The number of rotatable bonds is 3. The summed E-state index contributed by atoms with van der Waals surface area (Å²) in [5, 5.41) is 2.63. The maximum atomic E-state index is 15.0. The number of hydrogen-bond acceptors (Lipinski definition) is 3. The molecule has 0 aromatic heterocycles. The van der Waals surface area contributed by atoms with Crippen LogP contribution in [-0.4, -0.2) is 30.9 Å². The molecule has 0 unspecified atom stereocenters. The van der Waals surface area contributed by atoms with Gasteiger partial charge in [-0.2, -0.15) is 0 Å². The number of fused-ring (bicyclic) bond motifs is 1. The average Bonchev–Trinajstić information content (AvgIpc) is 3.15. The van der Waals surface area contributed by atoms with Crippen molar-refractivity contribution >= 4 is 24.3 Å². The molecule has 0 atom stereocenters. The minimum atomic E-state index is -0.832. The molecule has 31 heavy (non-hydrogen) atoms. The van der Waals surface area contributed by atoms with Crippen LogP contribution in [0.4, 0.5) is 23.7 Å². The third kappa shape index (κ3) is 4.04.